The number of fused-ring (bicyclic) bond motifs is 1. The Hall–Kier alpha value is -3.39. The first-order chi connectivity index (χ1) is 20.5. The van der Waals surface area contributed by atoms with Crippen LogP contribution >= 0.6 is 0 Å². The van der Waals surface area contributed by atoms with Gasteiger partial charge in [-0.3, -0.25) is 4.99 Å². The second-order valence-electron chi connectivity index (χ2n) is 13.5. The van der Waals surface area contributed by atoms with E-state index in [1.807, 2.05) is 0 Å². The third kappa shape index (κ3) is 5.65. The van der Waals surface area contributed by atoms with Gasteiger partial charge >= 0.3 is 0 Å². The van der Waals surface area contributed by atoms with Gasteiger partial charge in [0.1, 0.15) is 0 Å². The number of allylic oxidation sites excluding steroid dienone is 13. The van der Waals surface area contributed by atoms with Crippen molar-refractivity contribution >= 4 is 11.4 Å². The minimum absolute atomic E-state index is 0.401. The lowest BCUT2D eigenvalue weighted by atomic mass is 9.79. The van der Waals surface area contributed by atoms with Gasteiger partial charge in [-0.15, -0.1) is 0 Å². The van der Waals surface area contributed by atoms with Gasteiger partial charge in [-0.25, -0.2) is 0 Å². The van der Waals surface area contributed by atoms with E-state index in [9.17, 15) is 0 Å². The Bertz CT molecular complexity index is 1550. The van der Waals surface area contributed by atoms with Crippen LogP contribution in [0.5, 0.6) is 0 Å². The molecular formula is C40H46N2. The molecular weight excluding hydrogens is 508 g/mol. The van der Waals surface area contributed by atoms with Gasteiger partial charge < -0.3 is 4.90 Å². The van der Waals surface area contributed by atoms with Crippen LogP contribution in [0.15, 0.2) is 117 Å². The van der Waals surface area contributed by atoms with E-state index in [4.69, 9.17) is 4.99 Å². The van der Waals surface area contributed by atoms with Crippen molar-refractivity contribution in [1.82, 2.24) is 0 Å². The van der Waals surface area contributed by atoms with Crippen molar-refractivity contribution in [1.29, 1.82) is 0 Å². The van der Waals surface area contributed by atoms with Gasteiger partial charge in [0, 0.05) is 23.5 Å². The van der Waals surface area contributed by atoms with E-state index in [2.05, 4.69) is 98.6 Å². The van der Waals surface area contributed by atoms with Crippen LogP contribution in [0, 0.1) is 11.8 Å². The maximum absolute atomic E-state index is 5.35. The number of rotatable bonds is 6. The zero-order valence-corrected chi connectivity index (χ0v) is 25.8. The first-order valence-electron chi connectivity index (χ1n) is 16.5. The minimum atomic E-state index is 0.401. The summed E-state index contributed by atoms with van der Waals surface area (Å²) in [7, 11) is 0. The summed E-state index contributed by atoms with van der Waals surface area (Å²) in [4.78, 5) is 8.05. The summed E-state index contributed by atoms with van der Waals surface area (Å²) in [5.74, 6) is 1.05. The van der Waals surface area contributed by atoms with Gasteiger partial charge in [0.25, 0.3) is 0 Å². The number of hydrogen-bond acceptors (Lipinski definition) is 2. The summed E-state index contributed by atoms with van der Waals surface area (Å²) in [6, 6.07) is 7.34. The molecule has 42 heavy (non-hydrogen) atoms. The van der Waals surface area contributed by atoms with Crippen molar-refractivity contribution in [2.45, 2.75) is 97.4 Å². The SMILES string of the molecule is CC1=CCC(C2=CC(C3C=CC(N(C4=C(C)CCC=C4)c4cccc5c4C5)CCC3)CC(C3=CC=C(C)CC3)=N2)=CC1. The lowest BCUT2D eigenvalue weighted by Gasteiger charge is -2.35. The number of nitrogens with zero attached hydrogens (tertiary/aromatic N) is 2. The summed E-state index contributed by atoms with van der Waals surface area (Å²) in [6.07, 6.45) is 34.6. The third-order valence-electron chi connectivity index (χ3n) is 10.4. The monoisotopic (exact) mass is 554 g/mol. The fourth-order valence-electron chi connectivity index (χ4n) is 7.57. The molecule has 3 atom stereocenters. The predicted molar refractivity (Wildman–Crippen MR) is 179 cm³/mol. The van der Waals surface area contributed by atoms with Crippen molar-refractivity contribution in [3.8, 4) is 0 Å². The number of aliphatic imine (C=N–C) groups is 1. The topological polar surface area (TPSA) is 15.6 Å². The van der Waals surface area contributed by atoms with E-state index in [-0.39, 0.29) is 0 Å². The van der Waals surface area contributed by atoms with Gasteiger partial charge in [-0.05, 0) is 130 Å². The molecule has 7 rings (SSSR count). The summed E-state index contributed by atoms with van der Waals surface area (Å²) in [5, 5.41) is 0. The Labute approximate surface area is 253 Å². The molecule has 0 N–H and O–H groups in total. The molecule has 0 bridgehead atoms. The zero-order valence-electron chi connectivity index (χ0n) is 25.8. The second-order valence-corrected chi connectivity index (χ2v) is 13.5. The van der Waals surface area contributed by atoms with E-state index in [1.165, 1.54) is 81.9 Å². The zero-order chi connectivity index (χ0) is 28.6. The molecule has 0 aromatic heterocycles. The van der Waals surface area contributed by atoms with E-state index in [1.54, 1.807) is 5.56 Å². The van der Waals surface area contributed by atoms with Crippen molar-refractivity contribution in [2.24, 2.45) is 16.8 Å². The van der Waals surface area contributed by atoms with E-state index in [0.29, 0.717) is 17.9 Å². The first-order valence-corrected chi connectivity index (χ1v) is 16.5. The Morgan fingerprint density at radius 3 is 2.60 bits per heavy atom. The molecule has 0 fully saturated rings. The maximum atomic E-state index is 5.35. The molecule has 0 saturated heterocycles. The van der Waals surface area contributed by atoms with E-state index >= 15 is 0 Å². The summed E-state index contributed by atoms with van der Waals surface area (Å²) < 4.78 is 0. The van der Waals surface area contributed by atoms with Crippen LogP contribution < -0.4 is 4.90 Å². The Morgan fingerprint density at radius 2 is 1.79 bits per heavy atom. The fourth-order valence-corrected chi connectivity index (χ4v) is 7.57. The molecule has 2 nitrogen and oxygen atoms in total. The minimum Gasteiger partial charge on any atom is -0.334 e. The molecule has 5 aliphatic carbocycles. The van der Waals surface area contributed by atoms with Gasteiger partial charge in [0.2, 0.25) is 0 Å². The molecule has 1 aromatic carbocycles. The normalized spacial score (nSPS) is 27.2. The highest BCUT2D eigenvalue weighted by Crippen LogP contribution is 2.43. The van der Waals surface area contributed by atoms with Crippen molar-refractivity contribution in [3.63, 3.8) is 0 Å². The molecule has 0 spiro atoms. The molecule has 216 valence electrons. The molecule has 2 heteroatoms. The molecule has 0 radical (unpaired) electrons. The first kappa shape index (κ1) is 27.4. The van der Waals surface area contributed by atoms with Gasteiger partial charge in [-0.2, -0.15) is 0 Å². The summed E-state index contributed by atoms with van der Waals surface area (Å²) >= 11 is 0. The standard InChI is InChI=1S/C40H46N2/c1-27-14-18-31(19-15-27)37-25-34(26-38(41-37)32-20-16-28(2)17-21-32)30-9-6-11-35(23-22-30)42(39-12-5-4-8-29(39)3)40-13-7-10-33-24-36(33)40/h5,7,10,12-14,16,18,21-23,26,30,34-35H,4,6,8-9,11,15,17,19-20,24-25H2,1-3H3. The van der Waals surface area contributed by atoms with Crippen LogP contribution in [0.25, 0.3) is 0 Å². The molecule has 6 aliphatic rings. The highest BCUT2D eigenvalue weighted by Gasteiger charge is 2.32. The lowest BCUT2D eigenvalue weighted by Crippen LogP contribution is -2.34. The van der Waals surface area contributed by atoms with Crippen LogP contribution in [0.1, 0.15) is 96.1 Å². The van der Waals surface area contributed by atoms with E-state index < -0.39 is 0 Å². The number of hydrogen-bond donors (Lipinski definition) is 0. The van der Waals surface area contributed by atoms with E-state index in [0.717, 1.165) is 44.9 Å². The van der Waals surface area contributed by atoms with Gasteiger partial charge in [0.15, 0.2) is 0 Å². The quantitative estimate of drug-likeness (QED) is 0.324. The Kier molecular flexibility index (Phi) is 7.65. The number of anilines is 1. The molecule has 1 aromatic rings. The van der Waals surface area contributed by atoms with Crippen LogP contribution in [0.3, 0.4) is 0 Å². The predicted octanol–water partition coefficient (Wildman–Crippen LogP) is 10.4. The molecule has 1 aliphatic heterocycles. The molecule has 0 amide bonds. The number of benzene rings is 1. The van der Waals surface area contributed by atoms with Crippen LogP contribution in [0.4, 0.5) is 5.69 Å². The second kappa shape index (κ2) is 11.7. The van der Waals surface area contributed by atoms with Gasteiger partial charge in [0.05, 0.1) is 11.7 Å². The largest absolute Gasteiger partial charge is 0.334 e. The average molecular weight is 555 g/mol. The van der Waals surface area contributed by atoms with Crippen molar-refractivity contribution in [3.05, 3.63) is 123 Å². The Morgan fingerprint density at radius 1 is 0.857 bits per heavy atom. The summed E-state index contributed by atoms with van der Waals surface area (Å²) in [5.41, 5.74) is 15.9. The van der Waals surface area contributed by atoms with Crippen LogP contribution in [0.2, 0.25) is 0 Å². The molecule has 3 unspecified atom stereocenters. The van der Waals surface area contributed by atoms with Gasteiger partial charge in [-0.1, -0.05) is 78.3 Å². The molecule has 0 saturated carbocycles. The van der Waals surface area contributed by atoms with Crippen LogP contribution in [-0.2, 0) is 6.42 Å². The van der Waals surface area contributed by atoms with Crippen molar-refractivity contribution in [2.75, 3.05) is 4.90 Å². The third-order valence-corrected chi connectivity index (χ3v) is 10.4. The molecule has 1 heterocycles. The summed E-state index contributed by atoms with van der Waals surface area (Å²) in [6.45, 7) is 6.85. The lowest BCUT2D eigenvalue weighted by molar-refractivity contribution is 0.438. The van der Waals surface area contributed by atoms with Crippen LogP contribution in [-0.4, -0.2) is 11.8 Å². The fraction of sp³-hybridized carbons (Fsp3) is 0.425. The highest BCUT2D eigenvalue weighted by atomic mass is 15.2. The highest BCUT2D eigenvalue weighted by molar-refractivity contribution is 6.02. The smallest absolute Gasteiger partial charge is 0.0628 e. The maximum Gasteiger partial charge on any atom is 0.0628 e. The Balaban J connectivity index is 1.19. The average Bonchev–Trinajstić information content (AvgIpc) is 3.83. The van der Waals surface area contributed by atoms with Crippen molar-refractivity contribution < 1.29 is 0 Å².